The van der Waals surface area contributed by atoms with Crippen LogP contribution in [0.3, 0.4) is 0 Å². The normalized spacial score (nSPS) is 14.5. The lowest BCUT2D eigenvalue weighted by Gasteiger charge is -2.35. The third-order valence-electron chi connectivity index (χ3n) is 5.59. The molecule has 0 radical (unpaired) electrons. The minimum absolute atomic E-state index is 0.0405. The number of carbonyl (C=O) groups is 1. The van der Waals surface area contributed by atoms with Gasteiger partial charge in [-0.25, -0.2) is 4.79 Å². The Balaban J connectivity index is 2.47. The maximum Gasteiger partial charge on any atom is 0.398 e. The highest BCUT2D eigenvalue weighted by atomic mass is 19.4. The number of benzene rings is 1. The number of aryl methyl sites for hydroxylation is 1. The summed E-state index contributed by atoms with van der Waals surface area (Å²) < 4.78 is 74.3. The predicted molar refractivity (Wildman–Crippen MR) is 115 cm³/mol. The van der Waals surface area contributed by atoms with Crippen molar-refractivity contribution in [1.82, 2.24) is 19.6 Å². The summed E-state index contributed by atoms with van der Waals surface area (Å²) in [6.07, 6.45) is -3.23. The van der Waals surface area contributed by atoms with E-state index in [4.69, 9.17) is 0 Å². The van der Waals surface area contributed by atoms with Crippen LogP contribution < -0.4 is 10.3 Å². The maximum absolute atomic E-state index is 14.4. The van der Waals surface area contributed by atoms with Crippen molar-refractivity contribution >= 4 is 5.97 Å². The number of halogens is 5. The first kappa shape index (κ1) is 26.8. The van der Waals surface area contributed by atoms with Crippen LogP contribution in [-0.2, 0) is 7.05 Å². The standard InChI is InChI=1S/C22H21F5N4O5/c1-4-21(2,35)17(22(25,26)27)14-15(19(33)34)18(32)31(12-9-28-30(3)10-12)29-16(14)11-5-7-13(8-6-11)36-20(23)24/h5-10,17,20,35H,4H2,1-3H3,(H,33,34). The zero-order valence-corrected chi connectivity index (χ0v) is 19.1. The van der Waals surface area contributed by atoms with Crippen LogP contribution in [0.4, 0.5) is 22.0 Å². The molecule has 0 saturated carbocycles. The van der Waals surface area contributed by atoms with Gasteiger partial charge in [0, 0.05) is 18.2 Å². The van der Waals surface area contributed by atoms with Gasteiger partial charge >= 0.3 is 18.8 Å². The van der Waals surface area contributed by atoms with Gasteiger partial charge in [-0.3, -0.25) is 9.48 Å². The third-order valence-corrected chi connectivity index (χ3v) is 5.59. The summed E-state index contributed by atoms with van der Waals surface area (Å²) in [4.78, 5) is 25.4. The lowest BCUT2D eigenvalue weighted by Crippen LogP contribution is -2.44. The number of carboxylic acids is 1. The second-order valence-corrected chi connectivity index (χ2v) is 8.12. The van der Waals surface area contributed by atoms with E-state index in [2.05, 4.69) is 14.9 Å². The molecule has 9 nitrogen and oxygen atoms in total. The number of rotatable bonds is 8. The molecule has 0 amide bonds. The molecule has 194 valence electrons. The molecule has 0 spiro atoms. The highest BCUT2D eigenvalue weighted by Gasteiger charge is 2.54. The Hall–Kier alpha value is -3.81. The van der Waals surface area contributed by atoms with E-state index < -0.39 is 59.1 Å². The van der Waals surface area contributed by atoms with Crippen LogP contribution in [0.15, 0.2) is 41.5 Å². The molecule has 2 unspecified atom stereocenters. The quantitative estimate of drug-likeness (QED) is 0.438. The van der Waals surface area contributed by atoms with E-state index in [0.29, 0.717) is 4.68 Å². The van der Waals surface area contributed by atoms with E-state index in [1.165, 1.54) is 24.9 Å². The van der Waals surface area contributed by atoms with Gasteiger partial charge in [-0.05, 0) is 37.6 Å². The van der Waals surface area contributed by atoms with Gasteiger partial charge in [-0.1, -0.05) is 6.92 Å². The molecule has 2 atom stereocenters. The molecule has 0 bridgehead atoms. The summed E-state index contributed by atoms with van der Waals surface area (Å²) in [6.45, 7) is -1.03. The summed E-state index contributed by atoms with van der Waals surface area (Å²) in [5.74, 6) is -5.13. The molecule has 3 aromatic rings. The second kappa shape index (κ2) is 9.68. The first-order valence-corrected chi connectivity index (χ1v) is 10.4. The number of alkyl halides is 5. The van der Waals surface area contributed by atoms with Gasteiger partial charge in [0.1, 0.15) is 22.9 Å². The monoisotopic (exact) mass is 516 g/mol. The average molecular weight is 516 g/mol. The molecule has 0 fully saturated rings. The van der Waals surface area contributed by atoms with Crippen LogP contribution >= 0.6 is 0 Å². The Bertz CT molecular complexity index is 1320. The van der Waals surface area contributed by atoms with Gasteiger partial charge in [0.2, 0.25) is 0 Å². The molecular weight excluding hydrogens is 495 g/mol. The zero-order chi connectivity index (χ0) is 27.0. The Morgan fingerprint density at radius 3 is 2.25 bits per heavy atom. The van der Waals surface area contributed by atoms with Crippen LogP contribution in [-0.4, -0.2) is 54.1 Å². The fourth-order valence-electron chi connectivity index (χ4n) is 3.76. The smallest absolute Gasteiger partial charge is 0.398 e. The predicted octanol–water partition coefficient (Wildman–Crippen LogP) is 3.74. The molecular formula is C22H21F5N4O5. The second-order valence-electron chi connectivity index (χ2n) is 8.12. The van der Waals surface area contributed by atoms with Crippen molar-refractivity contribution in [1.29, 1.82) is 0 Å². The Kier molecular flexibility index (Phi) is 7.20. The number of ether oxygens (including phenoxy) is 1. The van der Waals surface area contributed by atoms with Crippen LogP contribution in [0, 0.1) is 0 Å². The van der Waals surface area contributed by atoms with Crippen LogP contribution in [0.25, 0.3) is 16.9 Å². The number of aliphatic hydroxyl groups is 1. The highest BCUT2D eigenvalue weighted by molar-refractivity contribution is 5.91. The number of hydrogen-bond donors (Lipinski definition) is 2. The minimum atomic E-state index is -5.20. The van der Waals surface area contributed by atoms with Crippen molar-refractivity contribution in [3.8, 4) is 22.7 Å². The zero-order valence-electron chi connectivity index (χ0n) is 19.1. The van der Waals surface area contributed by atoms with E-state index in [1.54, 1.807) is 0 Å². The van der Waals surface area contributed by atoms with Crippen molar-refractivity contribution < 1.29 is 41.7 Å². The molecule has 1 aromatic carbocycles. The SMILES string of the molecule is CCC(C)(O)C(c1c(-c2ccc(OC(F)F)cc2)nn(-c2cnn(C)c2)c(=O)c1C(=O)O)C(F)(F)F. The van der Waals surface area contributed by atoms with E-state index in [-0.39, 0.29) is 17.0 Å². The van der Waals surface area contributed by atoms with Gasteiger partial charge in [0.25, 0.3) is 5.56 Å². The molecule has 14 heteroatoms. The van der Waals surface area contributed by atoms with E-state index in [1.807, 2.05) is 0 Å². The molecule has 3 rings (SSSR count). The lowest BCUT2D eigenvalue weighted by atomic mass is 9.77. The number of aromatic carboxylic acids is 1. The first-order chi connectivity index (χ1) is 16.7. The Labute approximate surface area is 200 Å². The van der Waals surface area contributed by atoms with E-state index in [9.17, 15) is 41.8 Å². The molecule has 2 aromatic heterocycles. The summed E-state index contributed by atoms with van der Waals surface area (Å²) in [5.41, 5.74) is -7.02. The number of aromatic nitrogens is 4. The van der Waals surface area contributed by atoms with Gasteiger partial charge in [-0.15, -0.1) is 0 Å². The summed E-state index contributed by atoms with van der Waals surface area (Å²) in [7, 11) is 1.49. The summed E-state index contributed by atoms with van der Waals surface area (Å²) in [6, 6.07) is 4.21. The summed E-state index contributed by atoms with van der Waals surface area (Å²) >= 11 is 0. The molecule has 2 heterocycles. The largest absolute Gasteiger partial charge is 0.477 e. The van der Waals surface area contributed by atoms with Crippen LogP contribution in [0.1, 0.15) is 42.1 Å². The van der Waals surface area contributed by atoms with Gasteiger partial charge in [0.15, 0.2) is 0 Å². The molecule has 0 aliphatic heterocycles. The molecule has 0 aliphatic rings. The van der Waals surface area contributed by atoms with Crippen LogP contribution in [0.5, 0.6) is 5.75 Å². The topological polar surface area (TPSA) is 119 Å². The molecule has 36 heavy (non-hydrogen) atoms. The lowest BCUT2D eigenvalue weighted by molar-refractivity contribution is -0.193. The number of nitrogens with zero attached hydrogens (tertiary/aromatic N) is 4. The van der Waals surface area contributed by atoms with Crippen LogP contribution in [0.2, 0.25) is 0 Å². The van der Waals surface area contributed by atoms with Gasteiger partial charge in [0.05, 0.1) is 23.7 Å². The first-order valence-electron chi connectivity index (χ1n) is 10.4. The maximum atomic E-state index is 14.4. The van der Waals surface area contributed by atoms with Crippen molar-refractivity contribution in [2.45, 2.75) is 44.6 Å². The van der Waals surface area contributed by atoms with E-state index in [0.717, 1.165) is 37.4 Å². The third kappa shape index (κ3) is 5.22. The van der Waals surface area contributed by atoms with E-state index >= 15 is 0 Å². The molecule has 2 N–H and O–H groups in total. The van der Waals surface area contributed by atoms with Crippen molar-refractivity contribution in [3.05, 3.63) is 58.1 Å². The molecule has 0 aliphatic carbocycles. The highest BCUT2D eigenvalue weighted by Crippen LogP contribution is 2.47. The van der Waals surface area contributed by atoms with Crippen molar-refractivity contribution in [2.75, 3.05) is 0 Å². The fraction of sp³-hybridized carbons (Fsp3) is 0.364. The Morgan fingerprint density at radius 1 is 1.19 bits per heavy atom. The summed E-state index contributed by atoms with van der Waals surface area (Å²) in [5, 5.41) is 28.5. The van der Waals surface area contributed by atoms with Crippen molar-refractivity contribution in [2.24, 2.45) is 7.05 Å². The molecule has 0 saturated heterocycles. The number of hydrogen-bond acceptors (Lipinski definition) is 6. The Morgan fingerprint density at radius 2 is 1.81 bits per heavy atom. The average Bonchev–Trinajstić information content (AvgIpc) is 3.19. The van der Waals surface area contributed by atoms with Crippen molar-refractivity contribution in [3.63, 3.8) is 0 Å². The van der Waals surface area contributed by atoms with Gasteiger partial charge in [-0.2, -0.15) is 36.8 Å². The number of carboxylic acid groups (broad SMARTS) is 1. The van der Waals surface area contributed by atoms with Gasteiger partial charge < -0.3 is 14.9 Å². The fourth-order valence-corrected chi connectivity index (χ4v) is 3.76. The minimum Gasteiger partial charge on any atom is -0.477 e.